The van der Waals surface area contributed by atoms with E-state index in [9.17, 15) is 14.4 Å². The fourth-order valence-corrected chi connectivity index (χ4v) is 5.99. The molecule has 3 heterocycles. The highest BCUT2D eigenvalue weighted by Crippen LogP contribution is 2.35. The van der Waals surface area contributed by atoms with Gasteiger partial charge in [-0.05, 0) is 74.9 Å². The lowest BCUT2D eigenvalue weighted by Crippen LogP contribution is -2.45. The fourth-order valence-electron chi connectivity index (χ4n) is 5.99. The van der Waals surface area contributed by atoms with E-state index in [-0.39, 0.29) is 17.4 Å². The number of nitrogens with zero attached hydrogens (tertiary/aromatic N) is 5. The van der Waals surface area contributed by atoms with Gasteiger partial charge >= 0.3 is 0 Å². The Bertz CT molecular complexity index is 1380. The van der Waals surface area contributed by atoms with Gasteiger partial charge < -0.3 is 19.1 Å². The van der Waals surface area contributed by atoms with Crippen LogP contribution in [-0.4, -0.2) is 48.4 Å². The Labute approximate surface area is 217 Å². The van der Waals surface area contributed by atoms with E-state index < -0.39 is 0 Å². The molecule has 0 amide bonds. The standard InChI is InChI=1S/C29H34FN5O2/c1-19-14-21(30)4-10-25(19)35(17-20-12-13-37-18-20)24-8-6-23(7-9-24)33(2)27-15-28(36)34(3)26-11-5-22(16-31)32-29(26)27/h4-5,10-11,14-15,20,23-24H,6-9,12-13,17-18H2,1-3H3/t20?,23-,24+. The van der Waals surface area contributed by atoms with E-state index in [4.69, 9.17) is 4.74 Å². The third kappa shape index (κ3) is 5.05. The van der Waals surface area contributed by atoms with E-state index in [0.29, 0.717) is 23.2 Å². The number of aromatic nitrogens is 2. The summed E-state index contributed by atoms with van der Waals surface area (Å²) in [5.41, 5.74) is 4.49. The zero-order chi connectivity index (χ0) is 26.1. The van der Waals surface area contributed by atoms with Crippen LogP contribution in [0.5, 0.6) is 0 Å². The maximum atomic E-state index is 13.9. The second-order valence-electron chi connectivity index (χ2n) is 10.5. The van der Waals surface area contributed by atoms with Crippen molar-refractivity contribution in [3.05, 3.63) is 63.8 Å². The molecule has 2 aliphatic rings. The highest BCUT2D eigenvalue weighted by atomic mass is 19.1. The van der Waals surface area contributed by atoms with Crippen molar-refractivity contribution >= 4 is 22.4 Å². The lowest BCUT2D eigenvalue weighted by Gasteiger charge is -2.42. The lowest BCUT2D eigenvalue weighted by atomic mass is 9.88. The molecule has 2 fully saturated rings. The van der Waals surface area contributed by atoms with Gasteiger partial charge in [0.25, 0.3) is 5.56 Å². The molecule has 2 aromatic heterocycles. The lowest BCUT2D eigenvalue weighted by molar-refractivity contribution is 0.185. The predicted molar refractivity (Wildman–Crippen MR) is 144 cm³/mol. The summed E-state index contributed by atoms with van der Waals surface area (Å²) in [6, 6.07) is 12.9. The third-order valence-electron chi connectivity index (χ3n) is 8.17. The molecule has 3 aromatic rings. The van der Waals surface area contributed by atoms with Crippen LogP contribution in [0.2, 0.25) is 0 Å². The van der Waals surface area contributed by atoms with Crippen molar-refractivity contribution < 1.29 is 9.13 Å². The van der Waals surface area contributed by atoms with E-state index in [1.165, 1.54) is 0 Å². The molecule has 5 rings (SSSR count). The second kappa shape index (κ2) is 10.5. The monoisotopic (exact) mass is 503 g/mol. The number of benzene rings is 1. The maximum absolute atomic E-state index is 13.9. The number of pyridine rings is 2. The summed E-state index contributed by atoms with van der Waals surface area (Å²) in [5, 5.41) is 9.38. The first-order chi connectivity index (χ1) is 17.9. The van der Waals surface area contributed by atoms with Crippen LogP contribution in [0.1, 0.15) is 43.4 Å². The van der Waals surface area contributed by atoms with Gasteiger partial charge in [0.2, 0.25) is 0 Å². The van der Waals surface area contributed by atoms with Crippen molar-refractivity contribution in [2.24, 2.45) is 13.0 Å². The number of ether oxygens (including phenoxy) is 1. The molecule has 0 bridgehead atoms. The number of halogens is 1. The Hall–Kier alpha value is -3.44. The molecule has 0 N–H and O–H groups in total. The van der Waals surface area contributed by atoms with Crippen LogP contribution >= 0.6 is 0 Å². The zero-order valence-electron chi connectivity index (χ0n) is 21.8. The molecule has 0 spiro atoms. The molecule has 37 heavy (non-hydrogen) atoms. The summed E-state index contributed by atoms with van der Waals surface area (Å²) in [6.07, 6.45) is 4.99. The largest absolute Gasteiger partial charge is 0.381 e. The van der Waals surface area contributed by atoms with Gasteiger partial charge in [0.1, 0.15) is 23.1 Å². The van der Waals surface area contributed by atoms with Crippen LogP contribution in [0.25, 0.3) is 11.0 Å². The van der Waals surface area contributed by atoms with Crippen LogP contribution in [0, 0.1) is 30.0 Å². The summed E-state index contributed by atoms with van der Waals surface area (Å²) in [4.78, 5) is 21.9. The van der Waals surface area contributed by atoms with Gasteiger partial charge in [-0.15, -0.1) is 0 Å². The minimum absolute atomic E-state index is 0.0914. The Morgan fingerprint density at radius 1 is 1.11 bits per heavy atom. The number of nitriles is 1. The van der Waals surface area contributed by atoms with Crippen molar-refractivity contribution in [2.75, 3.05) is 36.6 Å². The van der Waals surface area contributed by atoms with E-state index in [1.807, 2.05) is 20.0 Å². The maximum Gasteiger partial charge on any atom is 0.252 e. The van der Waals surface area contributed by atoms with Crippen LogP contribution in [-0.2, 0) is 11.8 Å². The van der Waals surface area contributed by atoms with Crippen LogP contribution in [0.3, 0.4) is 0 Å². The van der Waals surface area contributed by atoms with Gasteiger partial charge in [0, 0.05) is 57.0 Å². The SMILES string of the molecule is Cc1cc(F)ccc1N(CC1CCOC1)[C@H]1CC[C@@H](N(C)c2cc(=O)n(C)c3ccc(C#N)nc23)CC1. The van der Waals surface area contributed by atoms with Crippen molar-refractivity contribution in [3.8, 4) is 6.07 Å². The fraction of sp³-hybridized carbons (Fsp3) is 0.483. The average Bonchev–Trinajstić information content (AvgIpc) is 3.42. The normalized spacial score (nSPS) is 21.6. The van der Waals surface area contributed by atoms with Gasteiger partial charge in [-0.25, -0.2) is 9.37 Å². The molecule has 8 heteroatoms. The number of aryl methyl sites for hydroxylation is 2. The Kier molecular flexibility index (Phi) is 7.16. The smallest absolute Gasteiger partial charge is 0.252 e. The van der Waals surface area contributed by atoms with Crippen LogP contribution in [0.15, 0.2) is 41.2 Å². The zero-order valence-corrected chi connectivity index (χ0v) is 21.8. The minimum atomic E-state index is -0.204. The van der Waals surface area contributed by atoms with Gasteiger partial charge in [-0.2, -0.15) is 5.26 Å². The van der Waals surface area contributed by atoms with E-state index in [1.54, 1.807) is 41.9 Å². The molecule has 1 unspecified atom stereocenters. The van der Waals surface area contributed by atoms with Crippen molar-refractivity contribution in [2.45, 2.75) is 51.1 Å². The number of anilines is 2. The van der Waals surface area contributed by atoms with Crippen molar-refractivity contribution in [1.29, 1.82) is 5.26 Å². The number of hydrogen-bond acceptors (Lipinski definition) is 6. The average molecular weight is 504 g/mol. The number of hydrogen-bond donors (Lipinski definition) is 0. The minimum Gasteiger partial charge on any atom is -0.381 e. The quantitative estimate of drug-likeness (QED) is 0.492. The highest BCUT2D eigenvalue weighted by molar-refractivity contribution is 5.88. The predicted octanol–water partition coefficient (Wildman–Crippen LogP) is 4.54. The molecular weight excluding hydrogens is 469 g/mol. The summed E-state index contributed by atoms with van der Waals surface area (Å²) in [5.74, 6) is 0.280. The van der Waals surface area contributed by atoms with E-state index in [2.05, 4.69) is 20.9 Å². The molecule has 0 radical (unpaired) electrons. The molecule has 7 nitrogen and oxygen atoms in total. The van der Waals surface area contributed by atoms with E-state index in [0.717, 1.165) is 74.3 Å². The molecule has 1 saturated heterocycles. The summed E-state index contributed by atoms with van der Waals surface area (Å²) in [6.45, 7) is 4.49. The molecular formula is C29H34FN5O2. The molecule has 1 saturated carbocycles. The molecule has 1 aliphatic heterocycles. The van der Waals surface area contributed by atoms with Gasteiger partial charge in [-0.3, -0.25) is 4.79 Å². The first-order valence-electron chi connectivity index (χ1n) is 13.1. The van der Waals surface area contributed by atoms with Crippen LogP contribution < -0.4 is 15.4 Å². The first-order valence-corrected chi connectivity index (χ1v) is 13.1. The number of rotatable bonds is 6. The van der Waals surface area contributed by atoms with E-state index >= 15 is 0 Å². The topological polar surface area (TPSA) is 74.4 Å². The number of fused-ring (bicyclic) bond motifs is 1. The Morgan fingerprint density at radius 3 is 2.54 bits per heavy atom. The van der Waals surface area contributed by atoms with Gasteiger partial charge in [0.15, 0.2) is 0 Å². The highest BCUT2D eigenvalue weighted by Gasteiger charge is 2.32. The molecule has 1 atom stereocenters. The summed E-state index contributed by atoms with van der Waals surface area (Å²) >= 11 is 0. The molecule has 1 aromatic carbocycles. The first kappa shape index (κ1) is 25.2. The molecule has 194 valence electrons. The third-order valence-corrected chi connectivity index (χ3v) is 8.17. The second-order valence-corrected chi connectivity index (χ2v) is 10.5. The van der Waals surface area contributed by atoms with Crippen molar-refractivity contribution in [3.63, 3.8) is 0 Å². The summed E-state index contributed by atoms with van der Waals surface area (Å²) < 4.78 is 21.1. The Morgan fingerprint density at radius 2 is 1.86 bits per heavy atom. The van der Waals surface area contributed by atoms with Crippen LogP contribution in [0.4, 0.5) is 15.8 Å². The van der Waals surface area contributed by atoms with Crippen molar-refractivity contribution in [1.82, 2.24) is 9.55 Å². The Balaban J connectivity index is 1.38. The van der Waals surface area contributed by atoms with Gasteiger partial charge in [-0.1, -0.05) is 0 Å². The summed E-state index contributed by atoms with van der Waals surface area (Å²) in [7, 11) is 3.76. The molecule has 1 aliphatic carbocycles. The van der Waals surface area contributed by atoms with Gasteiger partial charge in [0.05, 0.1) is 17.8 Å².